The fourth-order valence-electron chi connectivity index (χ4n) is 2.12. The number of hydrogen-bond acceptors (Lipinski definition) is 5. The van der Waals surface area contributed by atoms with E-state index in [2.05, 4.69) is 10.2 Å². The molecule has 1 aromatic rings. The number of hydrogen-bond donors (Lipinski definition) is 1. The highest BCUT2D eigenvalue weighted by atomic mass is 16.7. The van der Waals surface area contributed by atoms with Crippen molar-refractivity contribution < 1.29 is 14.2 Å². The monoisotopic (exact) mass is 278 g/mol. The van der Waals surface area contributed by atoms with E-state index in [-0.39, 0.29) is 0 Å². The number of ether oxygens (including phenoxy) is 3. The Kier molecular flexibility index (Phi) is 3.98. The molecule has 0 spiro atoms. The fourth-order valence-corrected chi connectivity index (χ4v) is 2.12. The number of nitrogens with one attached hydrogen (secondary N) is 1. The van der Waals surface area contributed by atoms with E-state index in [9.17, 15) is 0 Å². The lowest BCUT2D eigenvalue weighted by molar-refractivity contribution is 0.173. The van der Waals surface area contributed by atoms with Crippen molar-refractivity contribution in [2.75, 3.05) is 34.0 Å². The molecule has 20 heavy (non-hydrogen) atoms. The molecule has 1 saturated carbocycles. The van der Waals surface area contributed by atoms with Gasteiger partial charge in [0, 0.05) is 30.8 Å². The second kappa shape index (κ2) is 5.89. The molecule has 1 heterocycles. The molecular formula is C15H22N2O3. The summed E-state index contributed by atoms with van der Waals surface area (Å²) < 4.78 is 16.8. The van der Waals surface area contributed by atoms with Crippen LogP contribution in [0.25, 0.3) is 0 Å². The molecule has 1 fully saturated rings. The zero-order valence-electron chi connectivity index (χ0n) is 12.1. The Morgan fingerprint density at radius 1 is 1.25 bits per heavy atom. The van der Waals surface area contributed by atoms with Gasteiger partial charge < -0.3 is 24.4 Å². The van der Waals surface area contributed by atoms with Crippen LogP contribution < -0.4 is 19.5 Å². The van der Waals surface area contributed by atoms with Gasteiger partial charge in [-0.2, -0.15) is 0 Å². The second-order valence-corrected chi connectivity index (χ2v) is 5.62. The minimum Gasteiger partial charge on any atom is -0.492 e. The zero-order chi connectivity index (χ0) is 13.9. The Labute approximate surface area is 119 Å². The van der Waals surface area contributed by atoms with E-state index in [4.69, 9.17) is 14.2 Å². The Balaban J connectivity index is 1.70. The molecule has 1 N–H and O–H groups in total. The molecule has 5 nitrogen and oxygen atoms in total. The number of fused-ring (bicyclic) bond motifs is 1. The van der Waals surface area contributed by atoms with Crippen LogP contribution in [0.3, 0.4) is 0 Å². The first-order valence-corrected chi connectivity index (χ1v) is 7.16. The molecule has 0 unspecified atom stereocenters. The van der Waals surface area contributed by atoms with Crippen LogP contribution in [-0.4, -0.2) is 45.0 Å². The van der Waals surface area contributed by atoms with Gasteiger partial charge in [0.15, 0.2) is 11.5 Å². The molecule has 1 aliphatic carbocycles. The summed E-state index contributed by atoms with van der Waals surface area (Å²) in [6.45, 7) is 2.68. The van der Waals surface area contributed by atoms with Gasteiger partial charge in [0.1, 0.15) is 12.4 Å². The van der Waals surface area contributed by atoms with E-state index in [1.807, 2.05) is 26.2 Å². The van der Waals surface area contributed by atoms with Gasteiger partial charge in [0.2, 0.25) is 6.79 Å². The second-order valence-electron chi connectivity index (χ2n) is 5.62. The highest BCUT2D eigenvalue weighted by Crippen LogP contribution is 2.38. The lowest BCUT2D eigenvalue weighted by atomic mass is 10.1. The van der Waals surface area contributed by atoms with Crippen molar-refractivity contribution in [2.24, 2.45) is 0 Å². The third kappa shape index (κ3) is 3.35. The van der Waals surface area contributed by atoms with Gasteiger partial charge >= 0.3 is 0 Å². The van der Waals surface area contributed by atoms with Crippen molar-refractivity contribution in [1.82, 2.24) is 10.2 Å². The minimum absolute atomic E-state index is 0.298. The molecule has 0 saturated heterocycles. The Morgan fingerprint density at radius 2 is 2.00 bits per heavy atom. The van der Waals surface area contributed by atoms with Crippen LogP contribution in [0.5, 0.6) is 17.2 Å². The first-order valence-electron chi connectivity index (χ1n) is 7.16. The predicted molar refractivity (Wildman–Crippen MR) is 76.5 cm³/mol. The number of likely N-dealkylation sites (N-methyl/N-ethyl adjacent to an activating group) is 1. The minimum atomic E-state index is 0.298. The van der Waals surface area contributed by atoms with Gasteiger partial charge in [0.05, 0.1) is 0 Å². The average molecular weight is 278 g/mol. The van der Waals surface area contributed by atoms with Crippen LogP contribution in [0.2, 0.25) is 0 Å². The van der Waals surface area contributed by atoms with E-state index in [0.717, 1.165) is 35.9 Å². The van der Waals surface area contributed by atoms with Gasteiger partial charge in [0.25, 0.3) is 0 Å². The highest BCUT2D eigenvalue weighted by molar-refractivity contribution is 5.51. The molecule has 1 aromatic carbocycles. The Hall–Kier alpha value is -1.46. The summed E-state index contributed by atoms with van der Waals surface area (Å²) in [6.07, 6.45) is 2.56. The highest BCUT2D eigenvalue weighted by Gasteiger charge is 2.22. The van der Waals surface area contributed by atoms with E-state index in [1.54, 1.807) is 0 Å². The molecule has 2 aliphatic rings. The van der Waals surface area contributed by atoms with Crippen LogP contribution in [0, 0.1) is 0 Å². The molecule has 0 amide bonds. The van der Waals surface area contributed by atoms with Gasteiger partial charge in [-0.05, 0) is 33.0 Å². The van der Waals surface area contributed by atoms with Crippen molar-refractivity contribution in [3.05, 3.63) is 17.7 Å². The van der Waals surface area contributed by atoms with E-state index in [1.165, 1.54) is 12.8 Å². The molecule has 5 heteroatoms. The fraction of sp³-hybridized carbons (Fsp3) is 0.600. The normalized spacial score (nSPS) is 16.8. The summed E-state index contributed by atoms with van der Waals surface area (Å²) >= 11 is 0. The first-order chi connectivity index (χ1) is 9.72. The SMILES string of the molecule is CN(C)CCOc1cc2c(cc1CNC1CC1)OCO2. The largest absolute Gasteiger partial charge is 0.492 e. The maximum Gasteiger partial charge on any atom is 0.231 e. The summed E-state index contributed by atoms with van der Waals surface area (Å²) in [5.41, 5.74) is 1.14. The first kappa shape index (κ1) is 13.5. The predicted octanol–water partition coefficient (Wildman–Crippen LogP) is 1.61. The average Bonchev–Trinajstić information content (AvgIpc) is 3.13. The Morgan fingerprint density at radius 3 is 2.70 bits per heavy atom. The number of nitrogens with zero attached hydrogens (tertiary/aromatic N) is 1. The maximum absolute atomic E-state index is 5.91. The molecule has 0 aromatic heterocycles. The van der Waals surface area contributed by atoms with Crippen LogP contribution in [0.1, 0.15) is 18.4 Å². The number of rotatable bonds is 7. The lowest BCUT2D eigenvalue weighted by Crippen LogP contribution is -2.20. The molecule has 0 radical (unpaired) electrons. The summed E-state index contributed by atoms with van der Waals surface area (Å²) in [5, 5.41) is 3.52. The van der Waals surface area contributed by atoms with Gasteiger partial charge in [-0.3, -0.25) is 0 Å². The smallest absolute Gasteiger partial charge is 0.231 e. The van der Waals surface area contributed by atoms with Crippen molar-refractivity contribution in [3.63, 3.8) is 0 Å². The van der Waals surface area contributed by atoms with E-state index < -0.39 is 0 Å². The third-order valence-corrected chi connectivity index (χ3v) is 3.51. The molecule has 0 atom stereocenters. The summed E-state index contributed by atoms with van der Waals surface area (Å²) in [5.74, 6) is 2.49. The molecule has 1 aliphatic heterocycles. The van der Waals surface area contributed by atoms with Crippen LogP contribution in [0.15, 0.2) is 12.1 Å². The number of benzene rings is 1. The topological polar surface area (TPSA) is 43.0 Å². The van der Waals surface area contributed by atoms with Crippen molar-refractivity contribution in [2.45, 2.75) is 25.4 Å². The van der Waals surface area contributed by atoms with Gasteiger partial charge in [-0.25, -0.2) is 0 Å². The molecule has 110 valence electrons. The maximum atomic E-state index is 5.91. The standard InChI is InChI=1S/C15H22N2O3/c1-17(2)5-6-18-13-8-15-14(19-10-20-15)7-11(13)9-16-12-3-4-12/h7-8,12,16H,3-6,9-10H2,1-2H3. The van der Waals surface area contributed by atoms with E-state index in [0.29, 0.717) is 19.4 Å². The molecule has 0 bridgehead atoms. The van der Waals surface area contributed by atoms with Crippen molar-refractivity contribution in [3.8, 4) is 17.2 Å². The van der Waals surface area contributed by atoms with Crippen LogP contribution in [-0.2, 0) is 6.54 Å². The Bertz CT molecular complexity index is 472. The summed E-state index contributed by atoms with van der Waals surface area (Å²) in [6, 6.07) is 4.65. The van der Waals surface area contributed by atoms with Gasteiger partial charge in [-0.15, -0.1) is 0 Å². The quantitative estimate of drug-likeness (QED) is 0.821. The zero-order valence-corrected chi connectivity index (χ0v) is 12.1. The van der Waals surface area contributed by atoms with Gasteiger partial charge in [-0.1, -0.05) is 0 Å². The van der Waals surface area contributed by atoms with E-state index >= 15 is 0 Å². The lowest BCUT2D eigenvalue weighted by Gasteiger charge is -2.15. The molecular weight excluding hydrogens is 256 g/mol. The van der Waals surface area contributed by atoms with Crippen LogP contribution in [0.4, 0.5) is 0 Å². The van der Waals surface area contributed by atoms with Crippen molar-refractivity contribution >= 4 is 0 Å². The third-order valence-electron chi connectivity index (χ3n) is 3.51. The molecule has 3 rings (SSSR count). The van der Waals surface area contributed by atoms with Crippen LogP contribution >= 0.6 is 0 Å². The van der Waals surface area contributed by atoms with Crippen molar-refractivity contribution in [1.29, 1.82) is 0 Å². The summed E-state index contributed by atoms with van der Waals surface area (Å²) in [7, 11) is 4.08. The summed E-state index contributed by atoms with van der Waals surface area (Å²) in [4.78, 5) is 2.11.